The first-order valence-corrected chi connectivity index (χ1v) is 23.7. The quantitative estimate of drug-likeness (QED) is 0.0478. The molecule has 2 spiro atoms. The van der Waals surface area contributed by atoms with Crippen molar-refractivity contribution in [3.05, 3.63) is 104 Å². The molecule has 10 rings (SSSR count). The van der Waals surface area contributed by atoms with Gasteiger partial charge >= 0.3 is 11.9 Å². The summed E-state index contributed by atoms with van der Waals surface area (Å²) >= 11 is 0. The van der Waals surface area contributed by atoms with Gasteiger partial charge in [0.05, 0.1) is 12.6 Å². The number of esters is 1. The molecule has 6 aliphatic rings. The monoisotopic (exact) mass is 1010 g/mol. The number of aliphatic carboxylic acids is 1. The molecule has 3 fully saturated rings. The standard InChI is InChI=1S/C51H53N3O19/c1-3-29-27(18-26-21(2)7-12-53-45(26)54-29)28-17-24(16-25-6-4-11-52-25)51(71-34-20-33-36(38(59)35(28)34)30(56)19-32(69-33)23-14-22(8-13-55)37(58)31(57)15-23)44(65)41(62)43(64)50(73-51)10-5-9-49(47(66)67)42(63)39(60)40(61)46(72-49)70-48(50)68/h4,6,11,14-15,17-21,28,39-46,52-55,57-65H,3,7-8,10,12-13,16H2,1-2H3,(H,66,67). The number of phenols is 3. The van der Waals surface area contributed by atoms with Crippen LogP contribution in [0.25, 0.3) is 22.3 Å². The molecular weight excluding hydrogens is 959 g/mol. The molecule has 0 saturated carbocycles. The van der Waals surface area contributed by atoms with E-state index >= 15 is 0 Å². The number of carboxylic acid groups (broad SMARTS) is 1. The fourth-order valence-electron chi connectivity index (χ4n) is 10.8. The highest BCUT2D eigenvalue weighted by Gasteiger charge is 2.69. The molecule has 3 saturated heterocycles. The molecule has 13 unspecified atom stereocenters. The van der Waals surface area contributed by atoms with Crippen LogP contribution in [0.2, 0.25) is 0 Å². The summed E-state index contributed by atoms with van der Waals surface area (Å²) in [5, 5.41) is 130. The van der Waals surface area contributed by atoms with E-state index in [9.17, 15) is 70.6 Å². The number of piperidine rings is 1. The fourth-order valence-corrected chi connectivity index (χ4v) is 10.8. The normalized spacial score (nSPS) is 33.8. The van der Waals surface area contributed by atoms with Crippen molar-refractivity contribution in [2.75, 3.05) is 13.2 Å². The van der Waals surface area contributed by atoms with Gasteiger partial charge in [-0.2, -0.15) is 0 Å². The number of allylic oxidation sites excluding steroid dienone is 4. The highest BCUT2D eigenvalue weighted by atomic mass is 16.8. The van der Waals surface area contributed by atoms with Gasteiger partial charge in [0.2, 0.25) is 11.9 Å². The maximum absolute atomic E-state index is 14.9. The Balaban J connectivity index is 1.25. The van der Waals surface area contributed by atoms with Gasteiger partial charge in [-0.15, -0.1) is 0 Å². The van der Waals surface area contributed by atoms with E-state index < -0.39 is 113 Å². The van der Waals surface area contributed by atoms with E-state index in [1.54, 1.807) is 24.4 Å². The molecule has 2 aromatic carbocycles. The number of carbonyl (C=O) groups is 2. The van der Waals surface area contributed by atoms with E-state index in [-0.39, 0.29) is 69.7 Å². The summed E-state index contributed by atoms with van der Waals surface area (Å²) in [5.74, 6) is -5.29. The average Bonchev–Trinajstić information content (AvgIpc) is 3.85. The molecule has 22 nitrogen and oxygen atoms in total. The number of dihydropyridines is 1. The van der Waals surface area contributed by atoms with Gasteiger partial charge in [-0.1, -0.05) is 37.8 Å². The first-order chi connectivity index (χ1) is 34.8. The number of nitrogens with one attached hydrogen (secondary N) is 3. The first kappa shape index (κ1) is 49.8. The summed E-state index contributed by atoms with van der Waals surface area (Å²) < 4.78 is 30.9. The molecule has 0 amide bonds. The van der Waals surface area contributed by atoms with E-state index in [0.29, 0.717) is 29.9 Å². The van der Waals surface area contributed by atoms with Crippen LogP contribution in [0, 0.1) is 17.8 Å². The lowest BCUT2D eigenvalue weighted by Crippen LogP contribution is -2.75. The van der Waals surface area contributed by atoms with Crippen molar-refractivity contribution in [1.82, 2.24) is 15.6 Å². The van der Waals surface area contributed by atoms with E-state index in [1.165, 1.54) is 12.1 Å². The van der Waals surface area contributed by atoms with Crippen molar-refractivity contribution < 1.29 is 89.1 Å². The smallest absolute Gasteiger partial charge is 0.351 e. The van der Waals surface area contributed by atoms with Crippen LogP contribution in [0.15, 0.2) is 86.4 Å². The lowest BCUT2D eigenvalue weighted by molar-refractivity contribution is -0.354. The van der Waals surface area contributed by atoms with Gasteiger partial charge in [0.1, 0.15) is 58.7 Å². The molecule has 2 bridgehead atoms. The number of aliphatic hydroxyl groups excluding tert-OH is 7. The van der Waals surface area contributed by atoms with Crippen LogP contribution in [0.4, 0.5) is 0 Å². The number of H-pyrrole nitrogens is 1. The molecule has 4 aromatic rings. The Morgan fingerprint density at radius 3 is 2.45 bits per heavy atom. The number of aromatic hydroxyl groups is 3. The molecule has 6 aliphatic heterocycles. The van der Waals surface area contributed by atoms with E-state index in [1.807, 2.05) is 13.0 Å². The van der Waals surface area contributed by atoms with Crippen molar-refractivity contribution in [3.8, 4) is 46.2 Å². The Bertz CT molecular complexity index is 3140. The zero-order chi connectivity index (χ0) is 52.1. The lowest BCUT2D eigenvalue weighted by Gasteiger charge is -2.53. The number of carbonyl (C=O) groups excluding carboxylic acids is 1. The largest absolute Gasteiger partial charge is 0.507 e. The van der Waals surface area contributed by atoms with Gasteiger partial charge in [-0.25, -0.2) is 9.59 Å². The highest BCUT2D eigenvalue weighted by Crippen LogP contribution is 2.55. The predicted molar refractivity (Wildman–Crippen MR) is 250 cm³/mol. The number of aromatic amines is 1. The maximum atomic E-state index is 14.9. The Hall–Kier alpha value is -6.75. The number of hydrogen-bond acceptors (Lipinski definition) is 20. The Morgan fingerprint density at radius 2 is 1.74 bits per heavy atom. The van der Waals surface area contributed by atoms with Crippen LogP contribution < -0.4 is 20.8 Å². The Labute approximate surface area is 414 Å². The first-order valence-electron chi connectivity index (χ1n) is 23.7. The average molecular weight is 1010 g/mol. The highest BCUT2D eigenvalue weighted by molar-refractivity contribution is 5.90. The van der Waals surface area contributed by atoms with Gasteiger partial charge in [0, 0.05) is 70.9 Å². The molecule has 0 aliphatic carbocycles. The van der Waals surface area contributed by atoms with Crippen molar-refractivity contribution in [2.24, 2.45) is 5.92 Å². The van der Waals surface area contributed by atoms with Gasteiger partial charge in [0.15, 0.2) is 23.0 Å². The van der Waals surface area contributed by atoms with Crippen molar-refractivity contribution >= 4 is 22.9 Å². The van der Waals surface area contributed by atoms with Crippen LogP contribution in [0.5, 0.6) is 23.0 Å². The van der Waals surface area contributed by atoms with Gasteiger partial charge < -0.3 is 89.8 Å². The summed E-state index contributed by atoms with van der Waals surface area (Å²) in [5.41, 5.74) is -4.48. The number of fused-ring (bicyclic) bond motifs is 5. The van der Waals surface area contributed by atoms with E-state index in [4.69, 9.17) is 23.4 Å². The number of benzene rings is 2. The number of aliphatic hydroxyl groups is 7. The third-order valence-electron chi connectivity index (χ3n) is 14.8. The van der Waals surface area contributed by atoms with Crippen LogP contribution in [-0.2, 0) is 36.6 Å². The summed E-state index contributed by atoms with van der Waals surface area (Å²) in [4.78, 5) is 45.1. The predicted octanol–water partition coefficient (Wildman–Crippen LogP) is -0.00530. The minimum absolute atomic E-state index is 0.0511. The summed E-state index contributed by atoms with van der Waals surface area (Å²) in [6.07, 6.45) is -12.1. The maximum Gasteiger partial charge on any atom is 0.351 e. The number of rotatable bonds is 8. The third kappa shape index (κ3) is 7.77. The number of hydrogen-bond donors (Lipinski definition) is 14. The second kappa shape index (κ2) is 18.3. The molecule has 13 atom stereocenters. The lowest BCUT2D eigenvalue weighted by atomic mass is 9.76. The number of phenolic OH excluding ortho intramolecular Hbond substituents is 3. The Kier molecular flexibility index (Phi) is 12.5. The second-order valence-corrected chi connectivity index (χ2v) is 19.1. The minimum atomic E-state index is -3.02. The van der Waals surface area contributed by atoms with Crippen molar-refractivity contribution in [2.45, 2.75) is 118 Å². The van der Waals surface area contributed by atoms with E-state index in [2.05, 4.69) is 34.4 Å². The van der Waals surface area contributed by atoms with Crippen LogP contribution in [0.3, 0.4) is 0 Å². The zero-order valence-electron chi connectivity index (χ0n) is 39.1. The van der Waals surface area contributed by atoms with Gasteiger partial charge in [-0.3, -0.25) is 10.1 Å². The topological polar surface area (TPSA) is 364 Å². The second-order valence-electron chi connectivity index (χ2n) is 19.1. The molecule has 386 valence electrons. The van der Waals surface area contributed by atoms with Crippen molar-refractivity contribution in [3.63, 3.8) is 0 Å². The van der Waals surface area contributed by atoms with Crippen LogP contribution in [0.1, 0.15) is 55.8 Å². The molecular formula is C51H53N3O19. The number of aromatic nitrogens is 1. The molecule has 22 heteroatoms. The molecule has 8 heterocycles. The van der Waals surface area contributed by atoms with E-state index in [0.717, 1.165) is 24.1 Å². The molecule has 2 aromatic heterocycles. The molecule has 14 N–H and O–H groups in total. The minimum Gasteiger partial charge on any atom is -0.507 e. The zero-order valence-corrected chi connectivity index (χ0v) is 39.1. The van der Waals surface area contributed by atoms with Gasteiger partial charge in [-0.05, 0) is 67.1 Å². The summed E-state index contributed by atoms with van der Waals surface area (Å²) in [6.45, 7) is 4.26. The fraction of sp³-hybridized carbons (Fsp3) is 0.431. The SMILES string of the molecule is CCC1=C(C2C=C(Cc3ccc[nH]3)C3(Oc4cc5oc(-c6cc(O)c(O)c(CCO)c6)cc(=O)c5c(O)c42)OC2(CC#CC4(C(=O)O)OC(OC2=O)C(O)C(O)C4O)C(O)C(O)C3O)C=C2C(C)CCNC2N1. The Morgan fingerprint density at radius 1 is 0.959 bits per heavy atom. The van der Waals surface area contributed by atoms with Gasteiger partial charge in [0.25, 0.3) is 11.4 Å². The van der Waals surface area contributed by atoms with Crippen LogP contribution >= 0.6 is 0 Å². The molecule has 73 heavy (non-hydrogen) atoms. The number of carboxylic acids is 1. The van der Waals surface area contributed by atoms with Crippen LogP contribution in [-0.4, -0.2) is 152 Å². The molecule has 0 radical (unpaired) electrons. The summed E-state index contributed by atoms with van der Waals surface area (Å²) in [7, 11) is 0. The summed E-state index contributed by atoms with van der Waals surface area (Å²) in [6, 6.07) is 8.10. The third-order valence-corrected chi connectivity index (χ3v) is 14.8. The number of ether oxygens (including phenoxy) is 4. The van der Waals surface area contributed by atoms with Crippen molar-refractivity contribution in [1.29, 1.82) is 0 Å².